The molecule has 0 amide bonds. The molecule has 0 fully saturated rings. The molecule has 0 N–H and O–H groups in total. The smallest absolute Gasteiger partial charge is 0.249 e. The van der Waals surface area contributed by atoms with Crippen molar-refractivity contribution in [2.45, 2.75) is 75.4 Å². The van der Waals surface area contributed by atoms with Gasteiger partial charge in [-0.15, -0.1) is 0 Å². The molecule has 216 valence electrons. The van der Waals surface area contributed by atoms with Crippen molar-refractivity contribution in [1.82, 2.24) is 9.13 Å². The van der Waals surface area contributed by atoms with E-state index in [0.717, 1.165) is 13.1 Å². The quantitative estimate of drug-likeness (QED) is 0.260. The number of aryl methyl sites for hydroxylation is 8. The number of imidazole rings is 2. The molecule has 5 rings (SSSR count). The Labute approximate surface area is 258 Å². The Morgan fingerprint density at radius 1 is 0.488 bits per heavy atom. The molecule has 0 aliphatic heterocycles. The fourth-order valence-electron chi connectivity index (χ4n) is 6.52. The van der Waals surface area contributed by atoms with Gasteiger partial charge in [-0.1, -0.05) is 41.5 Å². The molecule has 41 heavy (non-hydrogen) atoms. The van der Waals surface area contributed by atoms with Crippen LogP contribution in [0.4, 0.5) is 0 Å². The van der Waals surface area contributed by atoms with Crippen LogP contribution in [0.5, 0.6) is 0 Å². The van der Waals surface area contributed by atoms with E-state index >= 15 is 0 Å². The first-order valence-electron chi connectivity index (χ1n) is 13.9. The van der Waals surface area contributed by atoms with Crippen molar-refractivity contribution >= 4 is 0 Å². The Bertz CT molecular complexity index is 1540. The van der Waals surface area contributed by atoms with E-state index in [1.165, 1.54) is 72.6 Å². The van der Waals surface area contributed by atoms with E-state index < -0.39 is 0 Å². The van der Waals surface area contributed by atoms with Crippen LogP contribution in [-0.4, -0.2) is 9.13 Å². The molecule has 0 atom stereocenters. The largest absolute Gasteiger partial charge is 1.00 e. The predicted molar refractivity (Wildman–Crippen MR) is 159 cm³/mol. The van der Waals surface area contributed by atoms with Crippen molar-refractivity contribution in [3.8, 4) is 11.4 Å². The molecular formula is C35H42Cl2N4. The lowest BCUT2D eigenvalue weighted by Crippen LogP contribution is -3.00. The fourth-order valence-corrected chi connectivity index (χ4v) is 6.52. The van der Waals surface area contributed by atoms with Gasteiger partial charge in [-0.25, -0.2) is 18.3 Å². The Balaban J connectivity index is 0.00000231. The number of hydrogen-bond acceptors (Lipinski definition) is 0. The molecule has 3 aromatic carbocycles. The van der Waals surface area contributed by atoms with E-state index in [1.54, 1.807) is 0 Å². The summed E-state index contributed by atoms with van der Waals surface area (Å²) in [5, 5.41) is 0. The molecule has 0 aliphatic carbocycles. The van der Waals surface area contributed by atoms with E-state index in [1.807, 2.05) is 0 Å². The highest BCUT2D eigenvalue weighted by molar-refractivity contribution is 5.50. The second-order valence-corrected chi connectivity index (χ2v) is 11.6. The van der Waals surface area contributed by atoms with Crippen molar-refractivity contribution in [3.63, 3.8) is 0 Å². The topological polar surface area (TPSA) is 17.6 Å². The second kappa shape index (κ2) is 12.7. The zero-order valence-corrected chi connectivity index (χ0v) is 27.3. The molecule has 4 nitrogen and oxygen atoms in total. The summed E-state index contributed by atoms with van der Waals surface area (Å²) < 4.78 is 9.13. The molecule has 0 radical (unpaired) electrons. The van der Waals surface area contributed by atoms with Crippen molar-refractivity contribution < 1.29 is 33.9 Å². The highest BCUT2D eigenvalue weighted by Gasteiger charge is 2.19. The Kier molecular flexibility index (Phi) is 9.94. The third kappa shape index (κ3) is 6.45. The molecule has 0 unspecified atom stereocenters. The highest BCUT2D eigenvalue weighted by Crippen LogP contribution is 2.24. The fraction of sp³-hybridized carbons (Fsp3) is 0.314. The van der Waals surface area contributed by atoms with Crippen LogP contribution in [0, 0.1) is 62.3 Å². The summed E-state index contributed by atoms with van der Waals surface area (Å²) in [5.74, 6) is 0. The average molecular weight is 590 g/mol. The Hall–Kier alpha value is -3.34. The molecule has 0 saturated carbocycles. The van der Waals surface area contributed by atoms with Gasteiger partial charge in [0.1, 0.15) is 49.3 Å². The molecule has 6 heteroatoms. The van der Waals surface area contributed by atoms with Crippen molar-refractivity contribution in [1.29, 1.82) is 0 Å². The van der Waals surface area contributed by atoms with Gasteiger partial charge < -0.3 is 24.8 Å². The lowest BCUT2D eigenvalue weighted by atomic mass is 9.93. The molecule has 0 bridgehead atoms. The van der Waals surface area contributed by atoms with Gasteiger partial charge in [0.05, 0.1) is 0 Å². The maximum absolute atomic E-state index is 2.36. The van der Waals surface area contributed by atoms with Crippen LogP contribution < -0.4 is 33.9 Å². The van der Waals surface area contributed by atoms with Gasteiger partial charge >= 0.3 is 0 Å². The highest BCUT2D eigenvalue weighted by atomic mass is 35.5. The summed E-state index contributed by atoms with van der Waals surface area (Å²) in [6.07, 6.45) is 13.2. The summed E-state index contributed by atoms with van der Waals surface area (Å²) >= 11 is 0. The second-order valence-electron chi connectivity index (χ2n) is 11.6. The number of benzene rings is 3. The van der Waals surface area contributed by atoms with Gasteiger partial charge in [-0.2, -0.15) is 0 Å². The lowest BCUT2D eigenvalue weighted by molar-refractivity contribution is -0.688. The van der Waals surface area contributed by atoms with Gasteiger partial charge in [-0.05, 0) is 112 Å². The minimum atomic E-state index is 0. The van der Waals surface area contributed by atoms with E-state index in [-0.39, 0.29) is 24.8 Å². The monoisotopic (exact) mass is 588 g/mol. The van der Waals surface area contributed by atoms with Crippen LogP contribution in [0.15, 0.2) is 67.8 Å². The molecular weight excluding hydrogens is 547 g/mol. The van der Waals surface area contributed by atoms with E-state index in [0.29, 0.717) is 0 Å². The predicted octanol–water partition coefficient (Wildman–Crippen LogP) is 0.723. The normalized spacial score (nSPS) is 10.9. The van der Waals surface area contributed by atoms with Gasteiger partial charge in [0.2, 0.25) is 12.7 Å². The van der Waals surface area contributed by atoms with Gasteiger partial charge in [0.15, 0.2) is 0 Å². The van der Waals surface area contributed by atoms with Gasteiger partial charge in [0, 0.05) is 0 Å². The van der Waals surface area contributed by atoms with Gasteiger partial charge in [0.25, 0.3) is 0 Å². The minimum Gasteiger partial charge on any atom is -1.00 e. The summed E-state index contributed by atoms with van der Waals surface area (Å²) in [6, 6.07) is 11.4. The summed E-state index contributed by atoms with van der Waals surface area (Å²) in [6.45, 7) is 21.6. The van der Waals surface area contributed by atoms with Crippen LogP contribution in [0.25, 0.3) is 11.4 Å². The standard InChI is InChI=1S/C35H42N4.2ClH/c1-23-14-27(5)34(28(6)15-23)38-12-10-36(21-38)19-32-25(3)18-26(4)33(31(32)9)20-37-11-13-39(22-37)35-29(7)16-24(2)17-30(35)8;;/h10-18,21-22H,19-20H2,1-9H3;2*1H/q+2;;/p-2. The Morgan fingerprint density at radius 2 is 0.829 bits per heavy atom. The molecule has 2 aromatic heterocycles. The van der Waals surface area contributed by atoms with Crippen LogP contribution in [0.3, 0.4) is 0 Å². The molecule has 0 saturated heterocycles. The first kappa shape index (κ1) is 32.2. The number of rotatable bonds is 6. The zero-order chi connectivity index (χ0) is 28.0. The third-order valence-corrected chi connectivity index (χ3v) is 8.14. The lowest BCUT2D eigenvalue weighted by Gasteiger charge is -2.15. The van der Waals surface area contributed by atoms with Gasteiger partial charge in [-0.3, -0.25) is 0 Å². The Morgan fingerprint density at radius 3 is 1.17 bits per heavy atom. The van der Waals surface area contributed by atoms with Crippen LogP contribution in [0.2, 0.25) is 0 Å². The molecule has 0 spiro atoms. The van der Waals surface area contributed by atoms with Crippen molar-refractivity contribution in [2.75, 3.05) is 0 Å². The summed E-state index contributed by atoms with van der Waals surface area (Å²) in [4.78, 5) is 0. The van der Waals surface area contributed by atoms with E-state index in [9.17, 15) is 0 Å². The summed E-state index contributed by atoms with van der Waals surface area (Å²) in [7, 11) is 0. The number of nitrogens with zero attached hydrogens (tertiary/aromatic N) is 4. The van der Waals surface area contributed by atoms with Crippen LogP contribution in [0.1, 0.15) is 61.2 Å². The maximum atomic E-state index is 2.36. The van der Waals surface area contributed by atoms with Crippen molar-refractivity contribution in [3.05, 3.63) is 129 Å². The molecule has 0 aliphatic rings. The SMILES string of the molecule is Cc1cc(C)c(-n2cc[n+](Cc3c(C)cc(C)c(C[n+]4ccn(-c5c(C)cc(C)cc5C)c4)c3C)c2)c(C)c1.[Cl-].[Cl-]. The van der Waals surface area contributed by atoms with Crippen molar-refractivity contribution in [2.24, 2.45) is 0 Å². The minimum absolute atomic E-state index is 0. The van der Waals surface area contributed by atoms with Crippen LogP contribution >= 0.6 is 0 Å². The number of aromatic nitrogens is 4. The summed E-state index contributed by atoms with van der Waals surface area (Å²) in [5.41, 5.74) is 17.3. The molecule has 2 heterocycles. The average Bonchev–Trinajstić information content (AvgIpc) is 3.48. The first-order chi connectivity index (χ1) is 18.5. The zero-order valence-electron chi connectivity index (χ0n) is 25.8. The molecule has 5 aromatic rings. The van der Waals surface area contributed by atoms with Crippen LogP contribution in [-0.2, 0) is 13.1 Å². The number of halogens is 2. The first-order valence-corrected chi connectivity index (χ1v) is 13.9. The maximum Gasteiger partial charge on any atom is 0.249 e. The van der Waals surface area contributed by atoms with E-state index in [2.05, 4.69) is 148 Å². The number of hydrogen-bond donors (Lipinski definition) is 0. The third-order valence-electron chi connectivity index (χ3n) is 8.14. The van der Waals surface area contributed by atoms with E-state index in [4.69, 9.17) is 0 Å².